The van der Waals surface area contributed by atoms with Crippen LogP contribution < -0.4 is 0 Å². The molecule has 3 aromatic carbocycles. The number of esters is 2. The predicted octanol–water partition coefficient (Wildman–Crippen LogP) is 4.84. The van der Waals surface area contributed by atoms with Gasteiger partial charge in [0.1, 0.15) is 11.7 Å². The number of aliphatic hydroxyl groups excluding tert-OH is 1. The lowest BCUT2D eigenvalue weighted by Gasteiger charge is -2.44. The molecule has 0 saturated carbocycles. The van der Waals surface area contributed by atoms with Crippen LogP contribution in [0.5, 0.6) is 0 Å². The van der Waals surface area contributed by atoms with Crippen molar-refractivity contribution < 1.29 is 24.2 Å². The van der Waals surface area contributed by atoms with Crippen LogP contribution in [0.3, 0.4) is 0 Å². The van der Waals surface area contributed by atoms with E-state index in [-0.39, 0.29) is 5.57 Å². The molecule has 0 unspecified atom stereocenters. The van der Waals surface area contributed by atoms with Gasteiger partial charge in [-0.2, -0.15) is 10.5 Å². The van der Waals surface area contributed by atoms with Crippen LogP contribution in [0.2, 0.25) is 0 Å². The SMILES string of the molecule is COC(=O)C1=C(O)[C@@H](C(=O)OC)[C@@H](c2ccc(C)cc2)C(C#N)(C#N)[C@H]1c1cccc2ccccc12. The fourth-order valence-corrected chi connectivity index (χ4v) is 5.28. The minimum atomic E-state index is -1.98. The van der Waals surface area contributed by atoms with Gasteiger partial charge in [0.05, 0.1) is 37.8 Å². The predicted molar refractivity (Wildman–Crippen MR) is 131 cm³/mol. The van der Waals surface area contributed by atoms with Crippen molar-refractivity contribution in [1.82, 2.24) is 0 Å². The van der Waals surface area contributed by atoms with Gasteiger partial charge in [-0.15, -0.1) is 0 Å². The zero-order valence-electron chi connectivity index (χ0n) is 20.1. The first-order chi connectivity index (χ1) is 17.3. The smallest absolute Gasteiger partial charge is 0.337 e. The Morgan fingerprint density at radius 2 is 1.56 bits per heavy atom. The first kappa shape index (κ1) is 24.5. The van der Waals surface area contributed by atoms with Gasteiger partial charge in [0.15, 0.2) is 5.41 Å². The molecule has 36 heavy (non-hydrogen) atoms. The van der Waals surface area contributed by atoms with Crippen LogP contribution in [0.25, 0.3) is 10.8 Å². The summed E-state index contributed by atoms with van der Waals surface area (Å²) < 4.78 is 9.98. The largest absolute Gasteiger partial charge is 0.511 e. The minimum Gasteiger partial charge on any atom is -0.511 e. The van der Waals surface area contributed by atoms with Crippen molar-refractivity contribution in [3.05, 3.63) is 94.8 Å². The minimum absolute atomic E-state index is 0.310. The molecule has 4 rings (SSSR count). The van der Waals surface area contributed by atoms with Crippen LogP contribution >= 0.6 is 0 Å². The van der Waals surface area contributed by atoms with Gasteiger partial charge in [-0.1, -0.05) is 72.3 Å². The van der Waals surface area contributed by atoms with Gasteiger partial charge in [-0.3, -0.25) is 4.79 Å². The van der Waals surface area contributed by atoms with Crippen molar-refractivity contribution in [1.29, 1.82) is 10.5 Å². The van der Waals surface area contributed by atoms with Crippen molar-refractivity contribution in [2.24, 2.45) is 11.3 Å². The van der Waals surface area contributed by atoms with Crippen LogP contribution in [0.1, 0.15) is 28.5 Å². The fraction of sp³-hybridized carbons (Fsp3) is 0.241. The molecule has 0 spiro atoms. The second-order valence-corrected chi connectivity index (χ2v) is 8.77. The monoisotopic (exact) mass is 480 g/mol. The Balaban J connectivity index is 2.18. The van der Waals surface area contributed by atoms with E-state index in [9.17, 15) is 25.2 Å². The molecule has 1 N–H and O–H groups in total. The molecule has 1 aliphatic rings. The maximum absolute atomic E-state index is 13.2. The number of fused-ring (bicyclic) bond motifs is 1. The number of benzene rings is 3. The summed E-state index contributed by atoms with van der Waals surface area (Å²) in [6.45, 7) is 1.88. The molecule has 0 fully saturated rings. The number of hydrogen-bond donors (Lipinski definition) is 1. The van der Waals surface area contributed by atoms with E-state index in [0.717, 1.165) is 25.2 Å². The summed E-state index contributed by atoms with van der Waals surface area (Å²) in [6.07, 6.45) is 0. The zero-order valence-corrected chi connectivity index (χ0v) is 20.1. The van der Waals surface area contributed by atoms with E-state index in [1.807, 2.05) is 37.3 Å². The number of rotatable bonds is 4. The Kier molecular flexibility index (Phi) is 6.51. The first-order valence-corrected chi connectivity index (χ1v) is 11.3. The molecule has 0 amide bonds. The van der Waals surface area contributed by atoms with Crippen LogP contribution in [-0.2, 0) is 19.1 Å². The molecule has 0 aromatic heterocycles. The number of nitrogens with zero attached hydrogens (tertiary/aromatic N) is 2. The van der Waals surface area contributed by atoms with Gasteiger partial charge in [0.25, 0.3) is 0 Å². The van der Waals surface area contributed by atoms with Gasteiger partial charge in [0, 0.05) is 5.92 Å². The highest BCUT2D eigenvalue weighted by Crippen LogP contribution is 2.59. The zero-order chi connectivity index (χ0) is 26.0. The number of aryl methyl sites for hydroxylation is 1. The second-order valence-electron chi connectivity index (χ2n) is 8.77. The average Bonchev–Trinajstić information content (AvgIpc) is 2.92. The van der Waals surface area contributed by atoms with E-state index < -0.39 is 40.9 Å². The lowest BCUT2D eigenvalue weighted by Crippen LogP contribution is -2.47. The lowest BCUT2D eigenvalue weighted by atomic mass is 9.53. The Morgan fingerprint density at radius 3 is 2.17 bits per heavy atom. The van der Waals surface area contributed by atoms with Gasteiger partial charge in [-0.05, 0) is 28.8 Å². The lowest BCUT2D eigenvalue weighted by molar-refractivity contribution is -0.147. The first-order valence-electron chi connectivity index (χ1n) is 11.3. The van der Waals surface area contributed by atoms with Gasteiger partial charge >= 0.3 is 11.9 Å². The maximum atomic E-state index is 13.2. The summed E-state index contributed by atoms with van der Waals surface area (Å²) in [7, 11) is 2.29. The molecule has 7 heteroatoms. The summed E-state index contributed by atoms with van der Waals surface area (Å²) in [5.74, 6) is -6.21. The van der Waals surface area contributed by atoms with E-state index in [4.69, 9.17) is 9.47 Å². The topological polar surface area (TPSA) is 120 Å². The van der Waals surface area contributed by atoms with Gasteiger partial charge in [0.2, 0.25) is 0 Å². The van der Waals surface area contributed by atoms with Crippen LogP contribution in [-0.4, -0.2) is 31.3 Å². The molecule has 0 saturated heterocycles. The van der Waals surface area contributed by atoms with Crippen LogP contribution in [0.4, 0.5) is 0 Å². The van der Waals surface area contributed by atoms with Crippen molar-refractivity contribution in [3.63, 3.8) is 0 Å². The summed E-state index contributed by atoms with van der Waals surface area (Å²) in [5, 5.41) is 34.4. The Morgan fingerprint density at radius 1 is 0.917 bits per heavy atom. The Bertz CT molecular complexity index is 1440. The molecule has 0 radical (unpaired) electrons. The Labute approximate surface area is 208 Å². The number of methoxy groups -OCH3 is 2. The number of carbonyl (C=O) groups excluding carboxylic acids is 2. The molecular weight excluding hydrogens is 456 g/mol. The third kappa shape index (κ3) is 3.66. The highest BCUT2D eigenvalue weighted by Gasteiger charge is 2.61. The normalized spacial score (nSPS) is 20.8. The Hall–Kier alpha value is -4.62. The highest BCUT2D eigenvalue weighted by molar-refractivity contribution is 5.96. The number of carbonyl (C=O) groups is 2. The van der Waals surface area contributed by atoms with Gasteiger partial charge in [-0.25, -0.2) is 4.79 Å². The maximum Gasteiger partial charge on any atom is 0.337 e. The van der Waals surface area contributed by atoms with E-state index in [0.29, 0.717) is 16.5 Å². The summed E-state index contributed by atoms with van der Waals surface area (Å²) in [5.41, 5.74) is -0.378. The van der Waals surface area contributed by atoms with Crippen molar-refractivity contribution in [3.8, 4) is 12.1 Å². The second kappa shape index (κ2) is 9.56. The molecular formula is C29H24N2O5. The molecule has 0 bridgehead atoms. The molecule has 180 valence electrons. The van der Waals surface area contributed by atoms with E-state index in [1.165, 1.54) is 0 Å². The summed E-state index contributed by atoms with van der Waals surface area (Å²) in [6, 6.07) is 24.1. The number of aliphatic hydroxyl groups is 1. The summed E-state index contributed by atoms with van der Waals surface area (Å²) in [4.78, 5) is 26.2. The van der Waals surface area contributed by atoms with E-state index in [2.05, 4.69) is 12.1 Å². The standard InChI is InChI=1S/C29H24N2O5/c1-17-11-13-19(14-12-17)24-22(27(33)35-2)26(32)23(28(34)36-3)25(29(24,15-30)16-31)21-10-6-8-18-7-4-5-9-20(18)21/h4-14,22,24-25,32H,1-3H3/t22-,24+,25-/m0/s1. The summed E-state index contributed by atoms with van der Waals surface area (Å²) >= 11 is 0. The van der Waals surface area contributed by atoms with Crippen LogP contribution in [0.15, 0.2) is 78.1 Å². The van der Waals surface area contributed by atoms with E-state index >= 15 is 0 Å². The molecule has 0 aliphatic heterocycles. The average molecular weight is 481 g/mol. The highest BCUT2D eigenvalue weighted by atomic mass is 16.5. The van der Waals surface area contributed by atoms with Crippen molar-refractivity contribution in [2.75, 3.05) is 14.2 Å². The number of nitriles is 2. The van der Waals surface area contributed by atoms with E-state index in [1.54, 1.807) is 36.4 Å². The molecule has 0 heterocycles. The molecule has 3 aromatic rings. The molecule has 7 nitrogen and oxygen atoms in total. The number of hydrogen-bond acceptors (Lipinski definition) is 7. The quantitative estimate of drug-likeness (QED) is 0.531. The number of ether oxygens (including phenoxy) is 2. The van der Waals surface area contributed by atoms with Crippen LogP contribution in [0, 0.1) is 40.9 Å². The van der Waals surface area contributed by atoms with Gasteiger partial charge < -0.3 is 14.6 Å². The van der Waals surface area contributed by atoms with Crippen molar-refractivity contribution >= 4 is 22.7 Å². The van der Waals surface area contributed by atoms with Crippen molar-refractivity contribution in [2.45, 2.75) is 18.8 Å². The fourth-order valence-electron chi connectivity index (χ4n) is 5.28. The molecule has 1 aliphatic carbocycles. The third-order valence-electron chi connectivity index (χ3n) is 6.94. The molecule has 3 atom stereocenters. The third-order valence-corrected chi connectivity index (χ3v) is 6.94.